The number of carbonyl (C=O) groups excluding carboxylic acids is 3. The van der Waals surface area contributed by atoms with Gasteiger partial charge in [0.2, 0.25) is 0 Å². The Morgan fingerprint density at radius 1 is 0.730 bits per heavy atom. The largest absolute Gasteiger partial charge is 0.497 e. The van der Waals surface area contributed by atoms with E-state index in [0.29, 0.717) is 33.8 Å². The molecule has 2 aromatic heterocycles. The van der Waals surface area contributed by atoms with Crippen molar-refractivity contribution < 1.29 is 47.9 Å². The van der Waals surface area contributed by atoms with Crippen LogP contribution in [0.3, 0.4) is 0 Å². The summed E-state index contributed by atoms with van der Waals surface area (Å²) in [5.41, 5.74) is -0.253. The summed E-state index contributed by atoms with van der Waals surface area (Å²) in [6.45, 7) is 0.193. The van der Waals surface area contributed by atoms with Gasteiger partial charge in [-0.1, -0.05) is 91.0 Å². The zero-order valence-corrected chi connectivity index (χ0v) is 34.5. The highest BCUT2D eigenvalue weighted by Crippen LogP contribution is 2.46. The maximum Gasteiger partial charge on any atom is 0.338 e. The molecule has 63 heavy (non-hydrogen) atoms. The lowest BCUT2D eigenvalue weighted by molar-refractivity contribution is -0.177. The molecule has 320 valence electrons. The van der Waals surface area contributed by atoms with Gasteiger partial charge in [0, 0.05) is 12.5 Å². The lowest BCUT2D eigenvalue weighted by Crippen LogP contribution is -2.53. The van der Waals surface area contributed by atoms with Gasteiger partial charge in [-0.15, -0.1) is 0 Å². The van der Waals surface area contributed by atoms with E-state index in [9.17, 15) is 19.5 Å². The summed E-state index contributed by atoms with van der Waals surface area (Å²) in [7, 11) is 3.15. The summed E-state index contributed by atoms with van der Waals surface area (Å²) in [6.07, 6.45) is -1.82. The molecule has 0 saturated carbocycles. The van der Waals surface area contributed by atoms with Gasteiger partial charge >= 0.3 is 11.9 Å². The maximum atomic E-state index is 13.6. The molecular weight excluding hydrogens is 807 g/mol. The second-order valence-electron chi connectivity index (χ2n) is 14.7. The predicted octanol–water partition coefficient (Wildman–Crippen LogP) is 6.52. The molecule has 5 aromatic carbocycles. The monoisotopic (exact) mass is 849 g/mol. The molecule has 0 bridgehead atoms. The van der Waals surface area contributed by atoms with Crippen LogP contribution in [-0.4, -0.2) is 87.7 Å². The minimum atomic E-state index is -1.93. The number of aliphatic hydroxyl groups is 1. The van der Waals surface area contributed by atoms with Crippen LogP contribution in [-0.2, 0) is 29.3 Å². The zero-order valence-electron chi connectivity index (χ0n) is 34.5. The molecule has 0 radical (unpaired) electrons. The van der Waals surface area contributed by atoms with Gasteiger partial charge in [0.15, 0.2) is 34.9 Å². The fourth-order valence-electron chi connectivity index (χ4n) is 7.69. The van der Waals surface area contributed by atoms with Crippen molar-refractivity contribution >= 4 is 34.8 Å². The fourth-order valence-corrected chi connectivity index (χ4v) is 7.69. The molecule has 1 aliphatic heterocycles. The minimum absolute atomic E-state index is 0.105. The lowest BCUT2D eigenvalue weighted by atomic mass is 9.79. The first-order valence-electron chi connectivity index (χ1n) is 19.9. The van der Waals surface area contributed by atoms with Crippen molar-refractivity contribution in [3.8, 4) is 11.5 Å². The number of fused-ring (bicyclic) bond motifs is 1. The number of hydrogen-bond donors (Lipinski definition) is 2. The molecule has 15 nitrogen and oxygen atoms in total. The molecule has 0 aliphatic carbocycles. The number of imidazole rings is 1. The third-order valence-electron chi connectivity index (χ3n) is 10.9. The average molecular weight is 850 g/mol. The molecule has 3 heterocycles. The standard InChI is InChI=1S/C48H43N5O10/c1-31(54)62-40-41(55)47(27-60-46(57)33-15-9-5-10-16-33,63-45(40)53-30-51-39-42(49-29-50-43(39)53)52-44(56)32-13-7-4-8-14-32)28-61-48(34-17-11-6-12-18-34,35-19-23-37(58-2)24-20-35)36-21-25-38(59-3)26-22-36/h4-26,29-30,40-41,45,55H,27-28H2,1-3H3,(H,49,50,52,56)/t40-,41-,45-,47-/m1/s1. The molecule has 4 atom stereocenters. The fraction of sp³-hybridized carbons (Fsp3) is 0.208. The summed E-state index contributed by atoms with van der Waals surface area (Å²) < 4.78 is 38.4. The van der Waals surface area contributed by atoms with Gasteiger partial charge < -0.3 is 38.8 Å². The predicted molar refractivity (Wildman–Crippen MR) is 229 cm³/mol. The van der Waals surface area contributed by atoms with Crippen molar-refractivity contribution in [2.24, 2.45) is 0 Å². The summed E-state index contributed by atoms with van der Waals surface area (Å²) in [5.74, 6) is -0.523. The van der Waals surface area contributed by atoms with Crippen LogP contribution in [0, 0.1) is 0 Å². The molecule has 8 rings (SSSR count). The van der Waals surface area contributed by atoms with E-state index in [1.807, 2.05) is 78.9 Å². The van der Waals surface area contributed by atoms with Crippen LogP contribution in [0.2, 0.25) is 0 Å². The van der Waals surface area contributed by atoms with E-state index in [0.717, 1.165) is 0 Å². The third kappa shape index (κ3) is 8.44. The Labute approximate surface area is 362 Å². The summed E-state index contributed by atoms with van der Waals surface area (Å²) in [5, 5.41) is 15.4. The van der Waals surface area contributed by atoms with E-state index >= 15 is 0 Å². The van der Waals surface area contributed by atoms with Gasteiger partial charge in [-0.2, -0.15) is 0 Å². The van der Waals surface area contributed by atoms with Crippen molar-refractivity contribution in [2.75, 3.05) is 32.8 Å². The highest BCUT2D eigenvalue weighted by molar-refractivity contribution is 6.06. The Kier molecular flexibility index (Phi) is 12.2. The Balaban J connectivity index is 1.24. The molecule has 1 saturated heterocycles. The normalized spacial score (nSPS) is 18.4. The van der Waals surface area contributed by atoms with E-state index < -0.39 is 60.7 Å². The van der Waals surface area contributed by atoms with Gasteiger partial charge in [-0.05, 0) is 65.2 Å². The Bertz CT molecular complexity index is 2640. The van der Waals surface area contributed by atoms with E-state index in [4.69, 9.17) is 28.4 Å². The van der Waals surface area contributed by atoms with Crippen LogP contribution < -0.4 is 14.8 Å². The lowest BCUT2D eigenvalue weighted by Gasteiger charge is -2.40. The minimum Gasteiger partial charge on any atom is -0.497 e. The number of ether oxygens (including phenoxy) is 6. The average Bonchev–Trinajstić information content (AvgIpc) is 3.88. The second kappa shape index (κ2) is 18.3. The number of anilines is 1. The Morgan fingerprint density at radius 3 is 1.86 bits per heavy atom. The number of benzene rings is 5. The molecule has 7 aromatic rings. The number of methoxy groups -OCH3 is 2. The van der Waals surface area contributed by atoms with Gasteiger partial charge in [0.1, 0.15) is 36.1 Å². The number of nitrogens with zero attached hydrogens (tertiary/aromatic N) is 4. The zero-order chi connectivity index (χ0) is 44.0. The van der Waals surface area contributed by atoms with Crippen molar-refractivity contribution in [1.29, 1.82) is 0 Å². The summed E-state index contributed by atoms with van der Waals surface area (Å²) in [4.78, 5) is 52.9. The van der Waals surface area contributed by atoms with Gasteiger partial charge in [0.05, 0.1) is 32.7 Å². The highest BCUT2D eigenvalue weighted by Gasteiger charge is 2.59. The van der Waals surface area contributed by atoms with Crippen molar-refractivity contribution in [2.45, 2.75) is 36.6 Å². The molecule has 0 spiro atoms. The number of rotatable bonds is 15. The molecule has 1 amide bonds. The molecule has 0 unspecified atom stereocenters. The number of nitrogens with one attached hydrogen (secondary N) is 1. The Morgan fingerprint density at radius 2 is 1.29 bits per heavy atom. The number of carbonyl (C=O) groups is 3. The van der Waals surface area contributed by atoms with E-state index in [2.05, 4.69) is 20.3 Å². The molecule has 1 aliphatic rings. The first-order chi connectivity index (χ1) is 30.7. The van der Waals surface area contributed by atoms with Crippen LogP contribution in [0.15, 0.2) is 152 Å². The first kappa shape index (κ1) is 42.2. The first-order valence-corrected chi connectivity index (χ1v) is 19.9. The van der Waals surface area contributed by atoms with Gasteiger partial charge in [0.25, 0.3) is 5.91 Å². The highest BCUT2D eigenvalue weighted by atomic mass is 16.6. The topological polar surface area (TPSA) is 182 Å². The van der Waals surface area contributed by atoms with Crippen molar-refractivity contribution in [1.82, 2.24) is 19.5 Å². The number of hydrogen-bond acceptors (Lipinski definition) is 13. The smallest absolute Gasteiger partial charge is 0.338 e. The van der Waals surface area contributed by atoms with Crippen molar-refractivity contribution in [3.63, 3.8) is 0 Å². The molecule has 15 heteroatoms. The van der Waals surface area contributed by atoms with Gasteiger partial charge in [-0.25, -0.2) is 19.7 Å². The summed E-state index contributed by atoms with van der Waals surface area (Å²) >= 11 is 0. The van der Waals surface area contributed by atoms with E-state index in [-0.39, 0.29) is 22.5 Å². The van der Waals surface area contributed by atoms with Crippen LogP contribution in [0.1, 0.15) is 50.6 Å². The molecular formula is C48H43N5O10. The van der Waals surface area contributed by atoms with Crippen molar-refractivity contribution in [3.05, 3.63) is 180 Å². The molecule has 1 fully saturated rings. The van der Waals surface area contributed by atoms with Crippen LogP contribution in [0.25, 0.3) is 11.2 Å². The maximum absolute atomic E-state index is 13.6. The number of esters is 2. The van der Waals surface area contributed by atoms with Gasteiger partial charge in [-0.3, -0.25) is 14.2 Å². The van der Waals surface area contributed by atoms with E-state index in [1.54, 1.807) is 74.9 Å². The number of amides is 1. The van der Waals surface area contributed by atoms with Crippen LogP contribution >= 0.6 is 0 Å². The quantitative estimate of drug-likeness (QED) is 0.0841. The second-order valence-corrected chi connectivity index (χ2v) is 14.7. The third-order valence-corrected chi connectivity index (χ3v) is 10.9. The number of aliphatic hydroxyl groups excluding tert-OH is 1. The SMILES string of the molecule is COc1ccc(C(OC[C@@]2(COC(=O)c3ccccc3)O[C@@H](n3cnc4c(NC(=O)c5ccccc5)ncnc43)[C@H](OC(C)=O)[C@H]2O)(c2ccccc2)c2ccc(OC)cc2)cc1. The molecule has 2 N–H and O–H groups in total. The van der Waals surface area contributed by atoms with E-state index in [1.165, 1.54) is 24.1 Å². The number of aromatic nitrogens is 4. The Hall–Kier alpha value is -7.46. The van der Waals surface area contributed by atoms with Crippen LogP contribution in [0.5, 0.6) is 11.5 Å². The summed E-state index contributed by atoms with van der Waals surface area (Å²) in [6, 6.07) is 41.2. The van der Waals surface area contributed by atoms with Crippen LogP contribution in [0.4, 0.5) is 5.82 Å².